The van der Waals surface area contributed by atoms with E-state index in [0.717, 1.165) is 17.0 Å². The molecule has 5 nitrogen and oxygen atoms in total. The van der Waals surface area contributed by atoms with E-state index in [1.807, 2.05) is 22.8 Å². The van der Waals surface area contributed by atoms with Gasteiger partial charge in [-0.15, -0.1) is 10.2 Å². The third kappa shape index (κ3) is 4.77. The van der Waals surface area contributed by atoms with Gasteiger partial charge in [0.25, 0.3) is 0 Å². The van der Waals surface area contributed by atoms with Crippen LogP contribution in [0.5, 0.6) is 0 Å². The van der Waals surface area contributed by atoms with Crippen molar-refractivity contribution in [2.75, 3.05) is 5.75 Å². The van der Waals surface area contributed by atoms with Gasteiger partial charge in [-0.1, -0.05) is 87.1 Å². The second-order valence-corrected chi connectivity index (χ2v) is 8.40. The molecule has 0 radical (unpaired) electrons. The number of carbonyl (C=O) groups excluding carboxylic acids is 1. The average Bonchev–Trinajstić information content (AvgIpc) is 3.03. The van der Waals surface area contributed by atoms with Crippen molar-refractivity contribution in [2.24, 2.45) is 5.73 Å². The van der Waals surface area contributed by atoms with Gasteiger partial charge in [-0.25, -0.2) is 0 Å². The Labute approximate surface area is 164 Å². The maximum atomic E-state index is 11.2. The Kier molecular flexibility index (Phi) is 5.65. The lowest BCUT2D eigenvalue weighted by Crippen LogP contribution is -2.14. The first-order valence-electron chi connectivity index (χ1n) is 8.84. The lowest BCUT2D eigenvalue weighted by Gasteiger charge is -2.19. The maximum absolute atomic E-state index is 11.2. The zero-order valence-electron chi connectivity index (χ0n) is 15.8. The van der Waals surface area contributed by atoms with Crippen molar-refractivity contribution in [3.05, 3.63) is 65.7 Å². The van der Waals surface area contributed by atoms with E-state index in [1.165, 1.54) is 17.3 Å². The molecular formula is C21H24N4OS. The van der Waals surface area contributed by atoms with Gasteiger partial charge < -0.3 is 5.73 Å². The summed E-state index contributed by atoms with van der Waals surface area (Å²) < 4.78 is 2.04. The number of aromatic nitrogens is 3. The van der Waals surface area contributed by atoms with Crippen LogP contribution in [0.3, 0.4) is 0 Å². The van der Waals surface area contributed by atoms with E-state index >= 15 is 0 Å². The minimum absolute atomic E-state index is 0.0960. The molecule has 1 amide bonds. The molecule has 0 spiro atoms. The Hall–Kier alpha value is -2.60. The first kappa shape index (κ1) is 19.2. The number of benzene rings is 2. The maximum Gasteiger partial charge on any atom is 0.227 e. The Morgan fingerprint density at radius 1 is 1.04 bits per heavy atom. The second-order valence-electron chi connectivity index (χ2n) is 7.46. The van der Waals surface area contributed by atoms with E-state index < -0.39 is 0 Å². The molecule has 0 aliphatic heterocycles. The molecule has 3 rings (SSSR count). The van der Waals surface area contributed by atoms with Crippen molar-refractivity contribution in [1.29, 1.82) is 0 Å². The van der Waals surface area contributed by atoms with E-state index in [4.69, 9.17) is 5.73 Å². The third-order valence-corrected chi connectivity index (χ3v) is 5.24. The highest BCUT2D eigenvalue weighted by molar-refractivity contribution is 7.99. The zero-order valence-corrected chi connectivity index (χ0v) is 16.7. The van der Waals surface area contributed by atoms with Crippen molar-refractivity contribution in [2.45, 2.75) is 37.9 Å². The van der Waals surface area contributed by atoms with E-state index in [-0.39, 0.29) is 17.1 Å². The highest BCUT2D eigenvalue weighted by Gasteiger charge is 2.17. The van der Waals surface area contributed by atoms with E-state index in [1.54, 1.807) is 0 Å². The van der Waals surface area contributed by atoms with Crippen LogP contribution in [0, 0.1) is 0 Å². The van der Waals surface area contributed by atoms with Crippen molar-refractivity contribution in [3.8, 4) is 11.4 Å². The van der Waals surface area contributed by atoms with Gasteiger partial charge in [0.2, 0.25) is 5.91 Å². The first-order chi connectivity index (χ1) is 12.8. The molecule has 0 saturated heterocycles. The third-order valence-electron chi connectivity index (χ3n) is 4.25. The van der Waals surface area contributed by atoms with Gasteiger partial charge in [-0.2, -0.15) is 0 Å². The van der Waals surface area contributed by atoms with Crippen LogP contribution >= 0.6 is 11.8 Å². The van der Waals surface area contributed by atoms with Crippen LogP contribution < -0.4 is 5.73 Å². The summed E-state index contributed by atoms with van der Waals surface area (Å²) in [5.74, 6) is 0.590. The topological polar surface area (TPSA) is 73.8 Å². The summed E-state index contributed by atoms with van der Waals surface area (Å²) in [4.78, 5) is 11.2. The SMILES string of the molecule is CC(C)(C)c1ccc(-c2nnc(SCC(N)=O)n2Cc2ccccc2)cc1. The fourth-order valence-electron chi connectivity index (χ4n) is 2.77. The molecule has 2 aromatic carbocycles. The largest absolute Gasteiger partial charge is 0.369 e. The molecule has 1 aromatic heterocycles. The zero-order chi connectivity index (χ0) is 19.4. The lowest BCUT2D eigenvalue weighted by atomic mass is 9.87. The summed E-state index contributed by atoms with van der Waals surface area (Å²) in [5, 5.41) is 9.38. The molecule has 0 saturated carbocycles. The Morgan fingerprint density at radius 2 is 1.70 bits per heavy atom. The van der Waals surface area contributed by atoms with Crippen LogP contribution in [0.25, 0.3) is 11.4 Å². The minimum atomic E-state index is -0.370. The predicted octanol–water partition coefficient (Wildman–Crippen LogP) is 3.87. The number of primary amides is 1. The monoisotopic (exact) mass is 380 g/mol. The van der Waals surface area contributed by atoms with Crippen LogP contribution in [-0.4, -0.2) is 26.4 Å². The highest BCUT2D eigenvalue weighted by atomic mass is 32.2. The fraction of sp³-hybridized carbons (Fsp3) is 0.286. The lowest BCUT2D eigenvalue weighted by molar-refractivity contribution is -0.115. The summed E-state index contributed by atoms with van der Waals surface area (Å²) >= 11 is 1.31. The van der Waals surface area contributed by atoms with Crippen LogP contribution in [0.1, 0.15) is 31.9 Å². The summed E-state index contributed by atoms with van der Waals surface area (Å²) in [6.45, 7) is 7.21. The Balaban J connectivity index is 1.97. The first-order valence-corrected chi connectivity index (χ1v) is 9.82. The second kappa shape index (κ2) is 7.96. The number of thioether (sulfide) groups is 1. The standard InChI is InChI=1S/C21H24N4OS/c1-21(2,3)17-11-9-16(10-12-17)19-23-24-20(27-14-18(22)26)25(19)13-15-7-5-4-6-8-15/h4-12H,13-14H2,1-3H3,(H2,22,26). The van der Waals surface area contributed by atoms with Gasteiger partial charge in [0.1, 0.15) is 0 Å². The van der Waals surface area contributed by atoms with Crippen LogP contribution in [0.15, 0.2) is 59.8 Å². The summed E-state index contributed by atoms with van der Waals surface area (Å²) in [6.07, 6.45) is 0. The van der Waals surface area contributed by atoms with Gasteiger partial charge in [0, 0.05) is 5.56 Å². The number of amides is 1. The normalized spacial score (nSPS) is 11.5. The molecule has 140 valence electrons. The van der Waals surface area contributed by atoms with Gasteiger partial charge in [-0.05, 0) is 16.5 Å². The van der Waals surface area contributed by atoms with Crippen molar-refractivity contribution >= 4 is 17.7 Å². The Morgan fingerprint density at radius 3 is 2.30 bits per heavy atom. The number of rotatable bonds is 6. The molecule has 27 heavy (non-hydrogen) atoms. The summed E-state index contributed by atoms with van der Waals surface area (Å²) in [6, 6.07) is 18.6. The fourth-order valence-corrected chi connectivity index (χ4v) is 3.45. The van der Waals surface area contributed by atoms with Gasteiger partial charge in [-0.3, -0.25) is 9.36 Å². The van der Waals surface area contributed by atoms with E-state index in [0.29, 0.717) is 11.7 Å². The molecule has 0 aliphatic carbocycles. The molecule has 6 heteroatoms. The van der Waals surface area contributed by atoms with E-state index in [9.17, 15) is 4.79 Å². The smallest absolute Gasteiger partial charge is 0.227 e. The van der Waals surface area contributed by atoms with Crippen molar-refractivity contribution in [3.63, 3.8) is 0 Å². The van der Waals surface area contributed by atoms with Gasteiger partial charge in [0.05, 0.1) is 12.3 Å². The molecule has 2 N–H and O–H groups in total. The quantitative estimate of drug-likeness (QED) is 0.659. The summed E-state index contributed by atoms with van der Waals surface area (Å²) in [7, 11) is 0. The molecular weight excluding hydrogens is 356 g/mol. The molecule has 0 fully saturated rings. The van der Waals surface area contributed by atoms with Crippen LogP contribution in [0.4, 0.5) is 0 Å². The van der Waals surface area contributed by atoms with Gasteiger partial charge in [0.15, 0.2) is 11.0 Å². The van der Waals surface area contributed by atoms with Crippen molar-refractivity contribution < 1.29 is 4.79 Å². The van der Waals surface area contributed by atoms with Gasteiger partial charge >= 0.3 is 0 Å². The number of carbonyl (C=O) groups is 1. The number of hydrogen-bond donors (Lipinski definition) is 1. The molecule has 1 heterocycles. The molecule has 3 aromatic rings. The molecule has 0 atom stereocenters. The molecule has 0 aliphatic rings. The van der Waals surface area contributed by atoms with E-state index in [2.05, 4.69) is 67.4 Å². The van der Waals surface area contributed by atoms with Crippen LogP contribution in [0.2, 0.25) is 0 Å². The molecule has 0 bridgehead atoms. The minimum Gasteiger partial charge on any atom is -0.369 e. The molecule has 0 unspecified atom stereocenters. The summed E-state index contributed by atoms with van der Waals surface area (Å²) in [5.41, 5.74) is 8.81. The number of nitrogens with zero attached hydrogens (tertiary/aromatic N) is 3. The highest BCUT2D eigenvalue weighted by Crippen LogP contribution is 2.28. The van der Waals surface area contributed by atoms with Crippen LogP contribution in [-0.2, 0) is 16.8 Å². The van der Waals surface area contributed by atoms with Crippen molar-refractivity contribution in [1.82, 2.24) is 14.8 Å². The number of nitrogens with two attached hydrogens (primary N) is 1. The predicted molar refractivity (Wildman–Crippen MR) is 110 cm³/mol. The Bertz CT molecular complexity index is 912. The average molecular weight is 381 g/mol. The number of hydrogen-bond acceptors (Lipinski definition) is 4.